The van der Waals surface area contributed by atoms with Gasteiger partial charge in [-0.3, -0.25) is 14.1 Å². The molecule has 2 aromatic rings. The summed E-state index contributed by atoms with van der Waals surface area (Å²) >= 11 is 1.52. The number of nitrogens with one attached hydrogen (secondary N) is 1. The quantitative estimate of drug-likeness (QED) is 0.894. The van der Waals surface area contributed by atoms with E-state index in [9.17, 15) is 4.79 Å². The fourth-order valence-electron chi connectivity index (χ4n) is 3.46. The van der Waals surface area contributed by atoms with Gasteiger partial charge < -0.3 is 5.32 Å². The molecule has 4 rings (SSSR count). The van der Waals surface area contributed by atoms with Gasteiger partial charge in [0.1, 0.15) is 0 Å². The molecule has 5 nitrogen and oxygen atoms in total. The molecule has 0 saturated carbocycles. The van der Waals surface area contributed by atoms with Crippen LogP contribution >= 0.6 is 11.3 Å². The van der Waals surface area contributed by atoms with Gasteiger partial charge in [-0.2, -0.15) is 0 Å². The molecule has 0 radical (unpaired) electrons. The van der Waals surface area contributed by atoms with Crippen molar-refractivity contribution in [2.75, 3.05) is 19.6 Å². The summed E-state index contributed by atoms with van der Waals surface area (Å²) < 4.78 is 1.61. The summed E-state index contributed by atoms with van der Waals surface area (Å²) in [6, 6.07) is 2.39. The van der Waals surface area contributed by atoms with Crippen molar-refractivity contribution < 1.29 is 0 Å². The van der Waals surface area contributed by atoms with Crippen molar-refractivity contribution in [1.82, 2.24) is 19.6 Å². The SMILES string of the molecule is O=c1cc(CN2CCC3NCCC3C2)nc2sccn12. The molecule has 2 aromatic heterocycles. The Morgan fingerprint density at radius 1 is 1.45 bits per heavy atom. The second kappa shape index (κ2) is 4.95. The number of rotatable bonds is 2. The first-order chi connectivity index (χ1) is 9.79. The van der Waals surface area contributed by atoms with Crippen molar-refractivity contribution in [3.8, 4) is 0 Å². The summed E-state index contributed by atoms with van der Waals surface area (Å²) in [5.74, 6) is 0.773. The highest BCUT2D eigenvalue weighted by molar-refractivity contribution is 7.15. The predicted molar refractivity (Wildman–Crippen MR) is 79.1 cm³/mol. The molecule has 6 heteroatoms. The van der Waals surface area contributed by atoms with Crippen LogP contribution in [0.1, 0.15) is 18.5 Å². The molecule has 106 valence electrons. The zero-order valence-electron chi connectivity index (χ0n) is 11.3. The molecule has 0 bridgehead atoms. The van der Waals surface area contributed by atoms with Gasteiger partial charge >= 0.3 is 0 Å². The first kappa shape index (κ1) is 12.5. The van der Waals surface area contributed by atoms with Gasteiger partial charge in [-0.25, -0.2) is 4.98 Å². The molecule has 0 spiro atoms. The molecule has 2 saturated heterocycles. The zero-order chi connectivity index (χ0) is 13.5. The third-order valence-corrected chi connectivity index (χ3v) is 5.24. The van der Waals surface area contributed by atoms with Crippen LogP contribution in [0.25, 0.3) is 4.96 Å². The molecule has 2 unspecified atom stereocenters. The molecule has 0 amide bonds. The highest BCUT2D eigenvalue weighted by Gasteiger charge is 2.32. The average Bonchev–Trinajstić information content (AvgIpc) is 3.06. The third kappa shape index (κ3) is 2.17. The molecule has 20 heavy (non-hydrogen) atoms. The monoisotopic (exact) mass is 290 g/mol. The highest BCUT2D eigenvalue weighted by Crippen LogP contribution is 2.25. The topological polar surface area (TPSA) is 49.6 Å². The lowest BCUT2D eigenvalue weighted by Gasteiger charge is -2.34. The van der Waals surface area contributed by atoms with E-state index >= 15 is 0 Å². The Kier molecular flexibility index (Phi) is 3.09. The summed E-state index contributed by atoms with van der Waals surface area (Å²) in [5.41, 5.74) is 0.936. The molecular formula is C14H18N4OS. The second-order valence-corrected chi connectivity index (χ2v) is 6.65. The lowest BCUT2D eigenvalue weighted by atomic mass is 9.93. The Hall–Kier alpha value is -1.24. The van der Waals surface area contributed by atoms with Crippen molar-refractivity contribution >= 4 is 16.3 Å². The van der Waals surface area contributed by atoms with Gasteiger partial charge in [-0.05, 0) is 25.3 Å². The van der Waals surface area contributed by atoms with E-state index in [1.807, 2.05) is 5.38 Å². The summed E-state index contributed by atoms with van der Waals surface area (Å²) in [5, 5.41) is 5.48. The van der Waals surface area contributed by atoms with E-state index in [-0.39, 0.29) is 5.56 Å². The summed E-state index contributed by atoms with van der Waals surface area (Å²) in [6.07, 6.45) is 4.28. The van der Waals surface area contributed by atoms with E-state index in [0.29, 0.717) is 6.04 Å². The fourth-order valence-corrected chi connectivity index (χ4v) is 4.20. The van der Waals surface area contributed by atoms with Gasteiger partial charge in [0.25, 0.3) is 5.56 Å². The van der Waals surface area contributed by atoms with Gasteiger partial charge in [-0.15, -0.1) is 11.3 Å². The maximum Gasteiger partial charge on any atom is 0.258 e. The van der Waals surface area contributed by atoms with E-state index < -0.39 is 0 Å². The van der Waals surface area contributed by atoms with Crippen molar-refractivity contribution in [3.63, 3.8) is 0 Å². The minimum Gasteiger partial charge on any atom is -0.314 e. The highest BCUT2D eigenvalue weighted by atomic mass is 32.1. The van der Waals surface area contributed by atoms with E-state index in [4.69, 9.17) is 0 Å². The molecule has 1 N–H and O–H groups in total. The van der Waals surface area contributed by atoms with Gasteiger partial charge in [0, 0.05) is 43.3 Å². The Balaban J connectivity index is 1.54. The number of hydrogen-bond acceptors (Lipinski definition) is 5. The Morgan fingerprint density at radius 3 is 3.35 bits per heavy atom. The van der Waals surface area contributed by atoms with E-state index in [2.05, 4.69) is 15.2 Å². The molecule has 0 aliphatic carbocycles. The number of aromatic nitrogens is 2. The lowest BCUT2D eigenvalue weighted by Crippen LogP contribution is -2.44. The van der Waals surface area contributed by atoms with Gasteiger partial charge in [-0.1, -0.05) is 0 Å². The molecule has 2 aliphatic rings. The number of fused-ring (bicyclic) bond motifs is 2. The molecule has 0 aromatic carbocycles. The molecule has 4 heterocycles. The molecule has 2 atom stereocenters. The fraction of sp³-hybridized carbons (Fsp3) is 0.571. The number of likely N-dealkylation sites (tertiary alicyclic amines) is 1. The summed E-state index contributed by atoms with van der Waals surface area (Å²) in [7, 11) is 0. The van der Waals surface area contributed by atoms with Crippen LogP contribution in [-0.2, 0) is 6.54 Å². The van der Waals surface area contributed by atoms with Crippen LogP contribution in [0, 0.1) is 5.92 Å². The number of piperidine rings is 1. The standard InChI is InChI=1S/C14H18N4OS/c19-13-7-11(16-14-18(13)5-6-20-14)9-17-4-2-12-10(8-17)1-3-15-12/h5-7,10,12,15H,1-4,8-9H2. The van der Waals surface area contributed by atoms with E-state index in [1.165, 1.54) is 24.2 Å². The predicted octanol–water partition coefficient (Wildman–Crippen LogP) is 0.940. The normalized spacial score (nSPS) is 27.0. The van der Waals surface area contributed by atoms with Crippen LogP contribution in [0.2, 0.25) is 0 Å². The third-order valence-electron chi connectivity index (χ3n) is 4.48. The zero-order valence-corrected chi connectivity index (χ0v) is 12.1. The molecule has 2 fully saturated rings. The van der Waals surface area contributed by atoms with Gasteiger partial charge in [0.2, 0.25) is 0 Å². The Labute approximate surface area is 121 Å². The van der Waals surface area contributed by atoms with Crippen LogP contribution in [0.15, 0.2) is 22.4 Å². The first-order valence-electron chi connectivity index (χ1n) is 7.21. The summed E-state index contributed by atoms with van der Waals surface area (Å²) in [4.78, 5) is 19.8. The van der Waals surface area contributed by atoms with Crippen molar-refractivity contribution in [1.29, 1.82) is 0 Å². The van der Waals surface area contributed by atoms with Crippen molar-refractivity contribution in [3.05, 3.63) is 33.7 Å². The van der Waals surface area contributed by atoms with E-state index in [1.54, 1.807) is 16.7 Å². The Bertz CT molecular complexity index is 679. The number of thiazole rings is 1. The second-order valence-electron chi connectivity index (χ2n) is 5.77. The van der Waals surface area contributed by atoms with Crippen LogP contribution < -0.4 is 10.9 Å². The minimum atomic E-state index is 0.0312. The van der Waals surface area contributed by atoms with Crippen LogP contribution in [0.4, 0.5) is 0 Å². The first-order valence-corrected chi connectivity index (χ1v) is 8.09. The summed E-state index contributed by atoms with van der Waals surface area (Å²) in [6.45, 7) is 4.18. The maximum absolute atomic E-state index is 12.0. The van der Waals surface area contributed by atoms with Crippen LogP contribution in [0.3, 0.4) is 0 Å². The largest absolute Gasteiger partial charge is 0.314 e. The Morgan fingerprint density at radius 2 is 2.40 bits per heavy atom. The van der Waals surface area contributed by atoms with Crippen molar-refractivity contribution in [2.24, 2.45) is 5.92 Å². The smallest absolute Gasteiger partial charge is 0.258 e. The van der Waals surface area contributed by atoms with Crippen molar-refractivity contribution in [2.45, 2.75) is 25.4 Å². The van der Waals surface area contributed by atoms with Crippen LogP contribution in [-0.4, -0.2) is 40.0 Å². The molecular weight excluding hydrogens is 272 g/mol. The number of hydrogen-bond donors (Lipinski definition) is 1. The van der Waals surface area contributed by atoms with E-state index in [0.717, 1.165) is 42.8 Å². The lowest BCUT2D eigenvalue weighted by molar-refractivity contribution is 0.154. The van der Waals surface area contributed by atoms with Gasteiger partial charge in [0.15, 0.2) is 4.96 Å². The number of nitrogens with zero attached hydrogens (tertiary/aromatic N) is 3. The minimum absolute atomic E-state index is 0.0312. The maximum atomic E-state index is 12.0. The van der Waals surface area contributed by atoms with Gasteiger partial charge in [0.05, 0.1) is 5.69 Å². The van der Waals surface area contributed by atoms with Crippen LogP contribution in [0.5, 0.6) is 0 Å². The average molecular weight is 290 g/mol. The molecule has 2 aliphatic heterocycles.